The molecule has 4 rings (SSSR count). The number of piperidine rings is 1. The van der Waals surface area contributed by atoms with Crippen LogP contribution in [0.3, 0.4) is 0 Å². The van der Waals surface area contributed by atoms with Gasteiger partial charge in [0.15, 0.2) is 0 Å². The molecule has 0 bridgehead atoms. The molecule has 0 aromatic carbocycles. The molecule has 1 fully saturated rings. The fourth-order valence-corrected chi connectivity index (χ4v) is 3.26. The van der Waals surface area contributed by atoms with E-state index in [0.29, 0.717) is 17.4 Å². The van der Waals surface area contributed by atoms with Crippen LogP contribution in [0.2, 0.25) is 0 Å². The molecule has 1 atom stereocenters. The van der Waals surface area contributed by atoms with Crippen LogP contribution in [0, 0.1) is 5.92 Å². The van der Waals surface area contributed by atoms with E-state index in [0.717, 1.165) is 26.2 Å². The van der Waals surface area contributed by atoms with E-state index in [2.05, 4.69) is 47.4 Å². The van der Waals surface area contributed by atoms with E-state index >= 15 is 0 Å². The van der Waals surface area contributed by atoms with Crippen molar-refractivity contribution in [2.45, 2.75) is 25.9 Å². The molecule has 0 radical (unpaired) electrons. The van der Waals surface area contributed by atoms with Gasteiger partial charge >= 0.3 is 0 Å². The third-order valence-electron chi connectivity index (χ3n) is 4.43. The Morgan fingerprint density at radius 2 is 2.00 bits per heavy atom. The van der Waals surface area contributed by atoms with Gasteiger partial charge in [-0.1, -0.05) is 0 Å². The Morgan fingerprint density at radius 3 is 2.84 bits per heavy atom. The Labute approximate surface area is 145 Å². The molecule has 8 nitrogen and oxygen atoms in total. The minimum Gasteiger partial charge on any atom is -0.299 e. The summed E-state index contributed by atoms with van der Waals surface area (Å²) in [6.45, 7) is 3.92. The molecule has 0 saturated carbocycles. The predicted octanol–water partition coefficient (Wildman–Crippen LogP) is 1.44. The van der Waals surface area contributed by atoms with Crippen molar-refractivity contribution in [1.82, 2.24) is 40.1 Å². The highest BCUT2D eigenvalue weighted by Gasteiger charge is 2.21. The molecule has 3 aromatic rings. The van der Waals surface area contributed by atoms with Crippen LogP contribution in [0.25, 0.3) is 11.5 Å². The lowest BCUT2D eigenvalue weighted by atomic mass is 9.98. The minimum absolute atomic E-state index is 0.526. The molecule has 8 heteroatoms. The van der Waals surface area contributed by atoms with E-state index in [1.165, 1.54) is 18.4 Å². The van der Waals surface area contributed by atoms with Gasteiger partial charge in [-0.05, 0) is 48.2 Å². The first-order valence-corrected chi connectivity index (χ1v) is 8.52. The van der Waals surface area contributed by atoms with Gasteiger partial charge in [-0.2, -0.15) is 4.80 Å². The number of likely N-dealkylation sites (tertiary alicyclic amines) is 1. The summed E-state index contributed by atoms with van der Waals surface area (Å²) in [7, 11) is 0. The summed E-state index contributed by atoms with van der Waals surface area (Å²) in [4.78, 5) is 16.5. The minimum atomic E-state index is 0.526. The third-order valence-corrected chi connectivity index (χ3v) is 4.43. The average molecular weight is 336 g/mol. The van der Waals surface area contributed by atoms with Gasteiger partial charge in [-0.15, -0.1) is 10.2 Å². The van der Waals surface area contributed by atoms with Gasteiger partial charge in [0.05, 0.1) is 12.7 Å². The highest BCUT2D eigenvalue weighted by atomic mass is 15.6. The number of rotatable bonds is 5. The van der Waals surface area contributed by atoms with Crippen LogP contribution < -0.4 is 0 Å². The molecule has 1 saturated heterocycles. The molecule has 0 aliphatic carbocycles. The average Bonchev–Trinajstić information content (AvgIpc) is 3.12. The lowest BCUT2D eigenvalue weighted by molar-refractivity contribution is 0.149. The molecule has 0 N–H and O–H groups in total. The smallest absolute Gasteiger partial charge is 0.224 e. The van der Waals surface area contributed by atoms with E-state index in [9.17, 15) is 0 Å². The number of hydrogen-bond donors (Lipinski definition) is 0. The topological polar surface area (TPSA) is 85.5 Å². The first-order valence-electron chi connectivity index (χ1n) is 8.52. The zero-order valence-electron chi connectivity index (χ0n) is 13.9. The second kappa shape index (κ2) is 7.43. The van der Waals surface area contributed by atoms with Crippen molar-refractivity contribution in [3.63, 3.8) is 0 Å². The number of nitrogens with zero attached hydrogens (tertiary/aromatic N) is 8. The van der Waals surface area contributed by atoms with Crippen molar-refractivity contribution in [2.24, 2.45) is 5.92 Å². The maximum atomic E-state index is 4.45. The van der Waals surface area contributed by atoms with Gasteiger partial charge in [-0.25, -0.2) is 4.98 Å². The molecule has 0 amide bonds. The molecule has 1 aliphatic heterocycles. The van der Waals surface area contributed by atoms with Gasteiger partial charge in [0.1, 0.15) is 5.69 Å². The van der Waals surface area contributed by atoms with Crippen LogP contribution in [0.4, 0.5) is 0 Å². The Balaban J connectivity index is 1.37. The molecule has 3 aromatic heterocycles. The first-order chi connectivity index (χ1) is 12.4. The normalized spacial score (nSPS) is 18.3. The van der Waals surface area contributed by atoms with Crippen LogP contribution in [-0.4, -0.2) is 53.1 Å². The summed E-state index contributed by atoms with van der Waals surface area (Å²) >= 11 is 0. The zero-order chi connectivity index (χ0) is 16.9. The summed E-state index contributed by atoms with van der Waals surface area (Å²) in [5.74, 6) is 1.05. The third kappa shape index (κ3) is 4.03. The van der Waals surface area contributed by atoms with Crippen molar-refractivity contribution in [3.05, 3.63) is 48.7 Å². The fraction of sp³-hybridized carbons (Fsp3) is 0.412. The number of hydrogen-bond acceptors (Lipinski definition) is 7. The maximum Gasteiger partial charge on any atom is 0.224 e. The summed E-state index contributed by atoms with van der Waals surface area (Å²) in [6.07, 6.45) is 11.0. The highest BCUT2D eigenvalue weighted by Crippen LogP contribution is 2.20. The zero-order valence-corrected chi connectivity index (χ0v) is 13.9. The largest absolute Gasteiger partial charge is 0.299 e. The SMILES string of the molecule is c1cc(CN2CCC[C@@H](Cn3nnc(-c4cnccn4)n3)C2)ccn1. The second-order valence-electron chi connectivity index (χ2n) is 6.36. The Bertz CT molecular complexity index is 789. The highest BCUT2D eigenvalue weighted by molar-refractivity contribution is 5.44. The van der Waals surface area contributed by atoms with Crippen molar-refractivity contribution in [1.29, 1.82) is 0 Å². The molecule has 1 aliphatic rings. The molecular formula is C17H20N8. The molecular weight excluding hydrogens is 316 g/mol. The van der Waals surface area contributed by atoms with Crippen LogP contribution in [0.15, 0.2) is 43.1 Å². The number of pyridine rings is 1. The van der Waals surface area contributed by atoms with E-state index < -0.39 is 0 Å². The quantitative estimate of drug-likeness (QED) is 0.697. The fourth-order valence-electron chi connectivity index (χ4n) is 3.26. The van der Waals surface area contributed by atoms with Crippen molar-refractivity contribution in [2.75, 3.05) is 13.1 Å². The van der Waals surface area contributed by atoms with Crippen molar-refractivity contribution < 1.29 is 0 Å². The van der Waals surface area contributed by atoms with E-state index in [-0.39, 0.29) is 0 Å². The van der Waals surface area contributed by atoms with E-state index in [4.69, 9.17) is 0 Å². The summed E-state index contributed by atoms with van der Waals surface area (Å²) in [5.41, 5.74) is 1.95. The summed E-state index contributed by atoms with van der Waals surface area (Å²) < 4.78 is 0. The van der Waals surface area contributed by atoms with Crippen LogP contribution in [0.1, 0.15) is 18.4 Å². The summed E-state index contributed by atoms with van der Waals surface area (Å²) in [5, 5.41) is 12.7. The lowest BCUT2D eigenvalue weighted by Gasteiger charge is -2.32. The van der Waals surface area contributed by atoms with E-state index in [1.54, 1.807) is 23.4 Å². The maximum absolute atomic E-state index is 4.45. The number of aromatic nitrogens is 7. The Kier molecular flexibility index (Phi) is 4.69. The van der Waals surface area contributed by atoms with Crippen molar-refractivity contribution in [3.8, 4) is 11.5 Å². The van der Waals surface area contributed by atoms with Crippen LogP contribution >= 0.6 is 0 Å². The van der Waals surface area contributed by atoms with Gasteiger partial charge in [0, 0.05) is 37.9 Å². The first kappa shape index (κ1) is 15.8. The standard InChI is InChI=1S/C17H20N8/c1-2-15(12-24(9-1)11-14-3-5-18-6-4-14)13-25-22-17(21-23-25)16-10-19-7-8-20-16/h3-8,10,15H,1-2,9,11-13H2/t15-/m1/s1. The lowest BCUT2D eigenvalue weighted by Crippen LogP contribution is -2.36. The van der Waals surface area contributed by atoms with Crippen LogP contribution in [0.5, 0.6) is 0 Å². The van der Waals surface area contributed by atoms with Crippen molar-refractivity contribution >= 4 is 0 Å². The molecule has 4 heterocycles. The second-order valence-corrected chi connectivity index (χ2v) is 6.36. The van der Waals surface area contributed by atoms with Gasteiger partial charge < -0.3 is 0 Å². The number of tetrazole rings is 1. The van der Waals surface area contributed by atoms with Gasteiger partial charge in [0.2, 0.25) is 5.82 Å². The monoisotopic (exact) mass is 336 g/mol. The van der Waals surface area contributed by atoms with Gasteiger partial charge in [-0.3, -0.25) is 14.9 Å². The van der Waals surface area contributed by atoms with Gasteiger partial charge in [0.25, 0.3) is 0 Å². The Hall–Kier alpha value is -2.74. The molecule has 128 valence electrons. The van der Waals surface area contributed by atoms with E-state index in [1.807, 2.05) is 12.4 Å². The molecule has 25 heavy (non-hydrogen) atoms. The van der Waals surface area contributed by atoms with Crippen LogP contribution in [-0.2, 0) is 13.1 Å². The molecule has 0 spiro atoms. The Morgan fingerprint density at radius 1 is 1.08 bits per heavy atom. The predicted molar refractivity (Wildman–Crippen MR) is 91.1 cm³/mol. The molecule has 0 unspecified atom stereocenters. The summed E-state index contributed by atoms with van der Waals surface area (Å²) in [6, 6.07) is 4.16.